The standard InChI is InChI=1S/C12H13FO4/c1-12(2,13)8-6-10-9(16-3-4-17-10)5-7(8)11(14)15/h5-6H,3-4H2,1-2H3,(H,14,15). The van der Waals surface area contributed by atoms with Gasteiger partial charge in [-0.3, -0.25) is 0 Å². The molecule has 0 aromatic heterocycles. The number of alkyl halides is 1. The zero-order valence-electron chi connectivity index (χ0n) is 9.62. The van der Waals surface area contributed by atoms with Crippen LogP contribution in [-0.4, -0.2) is 24.3 Å². The van der Waals surface area contributed by atoms with Crippen LogP contribution in [0.25, 0.3) is 0 Å². The molecule has 0 amide bonds. The highest BCUT2D eigenvalue weighted by molar-refractivity contribution is 5.91. The molecule has 0 aliphatic carbocycles. The van der Waals surface area contributed by atoms with Gasteiger partial charge in [0.2, 0.25) is 0 Å². The summed E-state index contributed by atoms with van der Waals surface area (Å²) in [4.78, 5) is 11.1. The summed E-state index contributed by atoms with van der Waals surface area (Å²) in [5.74, 6) is -0.439. The Balaban J connectivity index is 2.60. The lowest BCUT2D eigenvalue weighted by molar-refractivity contribution is 0.0687. The maximum Gasteiger partial charge on any atom is 0.336 e. The summed E-state index contributed by atoms with van der Waals surface area (Å²) in [7, 11) is 0. The van der Waals surface area contributed by atoms with Crippen molar-refractivity contribution in [3.05, 3.63) is 23.3 Å². The quantitative estimate of drug-likeness (QED) is 0.862. The monoisotopic (exact) mass is 240 g/mol. The summed E-state index contributed by atoms with van der Waals surface area (Å²) in [5, 5.41) is 9.07. The van der Waals surface area contributed by atoms with Gasteiger partial charge in [-0.2, -0.15) is 0 Å². The zero-order valence-corrected chi connectivity index (χ0v) is 9.62. The number of rotatable bonds is 2. The molecule has 0 fully saturated rings. The highest BCUT2D eigenvalue weighted by Crippen LogP contribution is 2.38. The molecular formula is C12H13FO4. The average Bonchev–Trinajstić information content (AvgIpc) is 2.26. The molecule has 1 heterocycles. The van der Waals surface area contributed by atoms with E-state index in [1.807, 2.05) is 0 Å². The number of ether oxygens (including phenoxy) is 2. The van der Waals surface area contributed by atoms with Crippen molar-refractivity contribution < 1.29 is 23.8 Å². The minimum Gasteiger partial charge on any atom is -0.486 e. The van der Waals surface area contributed by atoms with Gasteiger partial charge in [0.05, 0.1) is 5.56 Å². The molecule has 4 nitrogen and oxygen atoms in total. The molecule has 1 aromatic carbocycles. The second-order valence-electron chi connectivity index (χ2n) is 4.32. The molecule has 0 radical (unpaired) electrons. The molecule has 2 rings (SSSR count). The fraction of sp³-hybridized carbons (Fsp3) is 0.417. The molecule has 1 aliphatic rings. The maximum atomic E-state index is 14.0. The van der Waals surface area contributed by atoms with E-state index >= 15 is 0 Å². The summed E-state index contributed by atoms with van der Waals surface area (Å²) in [5.41, 5.74) is -1.75. The lowest BCUT2D eigenvalue weighted by Gasteiger charge is -2.23. The van der Waals surface area contributed by atoms with Crippen LogP contribution in [0.1, 0.15) is 29.8 Å². The summed E-state index contributed by atoms with van der Waals surface area (Å²) in [6.45, 7) is 3.37. The molecule has 0 atom stereocenters. The Labute approximate surface area is 98.0 Å². The Bertz CT molecular complexity index is 462. The van der Waals surface area contributed by atoms with Crippen LogP contribution in [0.2, 0.25) is 0 Å². The van der Waals surface area contributed by atoms with Gasteiger partial charge in [0, 0.05) is 5.56 Å². The first-order valence-electron chi connectivity index (χ1n) is 5.26. The first-order valence-corrected chi connectivity index (χ1v) is 5.26. The van der Waals surface area contributed by atoms with E-state index in [0.717, 1.165) is 0 Å². The third-order valence-corrected chi connectivity index (χ3v) is 2.55. The lowest BCUT2D eigenvalue weighted by Crippen LogP contribution is -2.20. The number of fused-ring (bicyclic) bond motifs is 1. The molecule has 0 unspecified atom stereocenters. The largest absolute Gasteiger partial charge is 0.486 e. The topological polar surface area (TPSA) is 55.8 Å². The molecule has 17 heavy (non-hydrogen) atoms. The Morgan fingerprint density at radius 1 is 1.29 bits per heavy atom. The summed E-state index contributed by atoms with van der Waals surface area (Å²) in [6, 6.07) is 2.71. The van der Waals surface area contributed by atoms with Gasteiger partial charge >= 0.3 is 5.97 Å². The van der Waals surface area contributed by atoms with E-state index in [0.29, 0.717) is 24.7 Å². The van der Waals surface area contributed by atoms with Gasteiger partial charge in [-0.05, 0) is 26.0 Å². The SMILES string of the molecule is CC(C)(F)c1cc2c(cc1C(=O)O)OCCO2. The van der Waals surface area contributed by atoms with Crippen LogP contribution >= 0.6 is 0 Å². The van der Waals surface area contributed by atoms with Crippen LogP contribution in [0.5, 0.6) is 11.5 Å². The van der Waals surface area contributed by atoms with Crippen molar-refractivity contribution in [3.8, 4) is 11.5 Å². The third-order valence-electron chi connectivity index (χ3n) is 2.55. The number of halogens is 1. The summed E-state index contributed by atoms with van der Waals surface area (Å²) in [6.07, 6.45) is 0. The van der Waals surface area contributed by atoms with Gasteiger partial charge in [0.25, 0.3) is 0 Å². The lowest BCUT2D eigenvalue weighted by atomic mass is 9.94. The highest BCUT2D eigenvalue weighted by atomic mass is 19.1. The molecule has 0 saturated carbocycles. The van der Waals surface area contributed by atoms with Crippen LogP contribution in [-0.2, 0) is 5.67 Å². The van der Waals surface area contributed by atoms with Gasteiger partial charge in [-0.25, -0.2) is 9.18 Å². The normalized spacial score (nSPS) is 14.5. The zero-order chi connectivity index (χ0) is 12.6. The van der Waals surface area contributed by atoms with Crippen molar-refractivity contribution in [2.45, 2.75) is 19.5 Å². The summed E-state index contributed by atoms with van der Waals surface area (Å²) < 4.78 is 24.5. The number of hydrogen-bond acceptors (Lipinski definition) is 3. The van der Waals surface area contributed by atoms with E-state index in [1.165, 1.54) is 26.0 Å². The highest BCUT2D eigenvalue weighted by Gasteiger charge is 2.29. The smallest absolute Gasteiger partial charge is 0.336 e. The van der Waals surface area contributed by atoms with Crippen LogP contribution in [0.4, 0.5) is 4.39 Å². The predicted octanol–water partition coefficient (Wildman–Crippen LogP) is 2.36. The summed E-state index contributed by atoms with van der Waals surface area (Å²) >= 11 is 0. The Kier molecular flexibility index (Phi) is 2.69. The molecular weight excluding hydrogens is 227 g/mol. The van der Waals surface area contributed by atoms with E-state index < -0.39 is 11.6 Å². The average molecular weight is 240 g/mol. The van der Waals surface area contributed by atoms with Gasteiger partial charge in [0.1, 0.15) is 18.9 Å². The van der Waals surface area contributed by atoms with Crippen LogP contribution in [0, 0.1) is 0 Å². The molecule has 0 saturated heterocycles. The Morgan fingerprint density at radius 2 is 1.82 bits per heavy atom. The van der Waals surface area contributed by atoms with E-state index in [4.69, 9.17) is 14.6 Å². The van der Waals surface area contributed by atoms with Crippen molar-refractivity contribution in [1.82, 2.24) is 0 Å². The van der Waals surface area contributed by atoms with Crippen molar-refractivity contribution in [2.75, 3.05) is 13.2 Å². The Morgan fingerprint density at radius 3 is 2.29 bits per heavy atom. The van der Waals surface area contributed by atoms with Crippen molar-refractivity contribution in [2.24, 2.45) is 0 Å². The van der Waals surface area contributed by atoms with E-state index in [1.54, 1.807) is 0 Å². The first kappa shape index (κ1) is 11.7. The molecule has 1 N–H and O–H groups in total. The number of benzene rings is 1. The molecule has 0 spiro atoms. The maximum absolute atomic E-state index is 14.0. The van der Waals surface area contributed by atoms with Crippen LogP contribution in [0.15, 0.2) is 12.1 Å². The number of carbonyl (C=O) groups is 1. The molecule has 1 aliphatic heterocycles. The minimum absolute atomic E-state index is 0.0919. The van der Waals surface area contributed by atoms with E-state index in [9.17, 15) is 9.18 Å². The van der Waals surface area contributed by atoms with Crippen LogP contribution in [0.3, 0.4) is 0 Å². The number of hydrogen-bond donors (Lipinski definition) is 1. The van der Waals surface area contributed by atoms with E-state index in [-0.39, 0.29) is 11.1 Å². The second kappa shape index (κ2) is 3.91. The second-order valence-corrected chi connectivity index (χ2v) is 4.32. The number of carboxylic acid groups (broad SMARTS) is 1. The van der Waals surface area contributed by atoms with Gasteiger partial charge < -0.3 is 14.6 Å². The van der Waals surface area contributed by atoms with Crippen molar-refractivity contribution in [1.29, 1.82) is 0 Å². The van der Waals surface area contributed by atoms with Gasteiger partial charge in [0.15, 0.2) is 11.5 Å². The molecule has 0 bridgehead atoms. The molecule has 92 valence electrons. The third kappa shape index (κ3) is 2.18. The number of aromatic carboxylic acids is 1. The molecule has 1 aromatic rings. The molecule has 5 heteroatoms. The first-order chi connectivity index (χ1) is 7.89. The minimum atomic E-state index is -1.75. The fourth-order valence-electron chi connectivity index (χ4n) is 1.76. The predicted molar refractivity (Wildman–Crippen MR) is 58.5 cm³/mol. The number of carboxylic acids is 1. The van der Waals surface area contributed by atoms with Gasteiger partial charge in [-0.15, -0.1) is 0 Å². The Hall–Kier alpha value is -1.78. The van der Waals surface area contributed by atoms with E-state index in [2.05, 4.69) is 0 Å². The van der Waals surface area contributed by atoms with Crippen LogP contribution < -0.4 is 9.47 Å². The van der Waals surface area contributed by atoms with Gasteiger partial charge in [-0.1, -0.05) is 0 Å². The fourth-order valence-corrected chi connectivity index (χ4v) is 1.76. The van der Waals surface area contributed by atoms with Crippen molar-refractivity contribution in [3.63, 3.8) is 0 Å². The van der Waals surface area contributed by atoms with Crippen molar-refractivity contribution >= 4 is 5.97 Å².